The van der Waals surface area contributed by atoms with E-state index in [4.69, 9.17) is 4.98 Å². The topological polar surface area (TPSA) is 115 Å². The Morgan fingerprint density at radius 2 is 1.79 bits per heavy atom. The van der Waals surface area contributed by atoms with Crippen LogP contribution in [0, 0.1) is 5.82 Å². The van der Waals surface area contributed by atoms with Gasteiger partial charge in [-0.1, -0.05) is 19.4 Å². The number of hydrogen-bond donors (Lipinski definition) is 3. The van der Waals surface area contributed by atoms with Crippen LogP contribution in [-0.2, 0) is 11.3 Å². The number of imidazole rings is 1. The Bertz CT molecular complexity index is 1960. The summed E-state index contributed by atoms with van der Waals surface area (Å²) in [7, 11) is 0. The van der Waals surface area contributed by atoms with Crippen molar-refractivity contribution < 1.29 is 9.18 Å². The summed E-state index contributed by atoms with van der Waals surface area (Å²) in [6.45, 7) is 4.62. The minimum atomic E-state index is -0.268. The lowest BCUT2D eigenvalue weighted by molar-refractivity contribution is -0.115. The van der Waals surface area contributed by atoms with Crippen molar-refractivity contribution in [3.63, 3.8) is 0 Å². The first-order valence-electron chi connectivity index (χ1n) is 14.6. The van der Waals surface area contributed by atoms with E-state index in [-0.39, 0.29) is 11.7 Å². The number of pyridine rings is 2. The maximum absolute atomic E-state index is 14.8. The summed E-state index contributed by atoms with van der Waals surface area (Å²) in [6, 6.07) is 13.1. The molecule has 0 radical (unpaired) electrons. The smallest absolute Gasteiger partial charge is 0.224 e. The second-order valence-corrected chi connectivity index (χ2v) is 11.1. The molecule has 1 aliphatic rings. The van der Waals surface area contributed by atoms with E-state index >= 15 is 0 Å². The van der Waals surface area contributed by atoms with Crippen LogP contribution >= 0.6 is 0 Å². The van der Waals surface area contributed by atoms with E-state index < -0.39 is 0 Å². The van der Waals surface area contributed by atoms with Crippen LogP contribution in [0.5, 0.6) is 0 Å². The maximum Gasteiger partial charge on any atom is 0.224 e. The largest absolute Gasteiger partial charge is 0.335 e. The van der Waals surface area contributed by atoms with Gasteiger partial charge < -0.3 is 10.3 Å². The van der Waals surface area contributed by atoms with Crippen molar-refractivity contribution in [2.75, 3.05) is 18.4 Å². The molecule has 6 aromatic rings. The highest BCUT2D eigenvalue weighted by Crippen LogP contribution is 2.34. The highest BCUT2D eigenvalue weighted by Gasteiger charge is 2.18. The third-order valence-electron chi connectivity index (χ3n) is 7.98. The van der Waals surface area contributed by atoms with Crippen LogP contribution < -0.4 is 5.32 Å². The van der Waals surface area contributed by atoms with Gasteiger partial charge in [0.15, 0.2) is 5.82 Å². The fourth-order valence-corrected chi connectivity index (χ4v) is 5.82. The average molecular weight is 575 g/mol. The van der Waals surface area contributed by atoms with Crippen LogP contribution in [0.2, 0.25) is 0 Å². The maximum atomic E-state index is 14.8. The molecule has 0 bridgehead atoms. The van der Waals surface area contributed by atoms with Crippen molar-refractivity contribution in [1.29, 1.82) is 0 Å². The molecule has 0 aliphatic carbocycles. The van der Waals surface area contributed by atoms with E-state index in [2.05, 4.69) is 35.4 Å². The molecule has 0 unspecified atom stereocenters. The molecule has 1 aliphatic heterocycles. The first-order valence-corrected chi connectivity index (χ1v) is 14.6. The molecule has 0 atom stereocenters. The minimum absolute atomic E-state index is 0.0678. The third kappa shape index (κ3) is 5.49. The number of aromatic amines is 2. The second-order valence-electron chi connectivity index (χ2n) is 11.1. The Morgan fingerprint density at radius 1 is 0.930 bits per heavy atom. The number of amides is 1. The molecular weight excluding hydrogens is 543 g/mol. The van der Waals surface area contributed by atoms with Crippen LogP contribution in [0.25, 0.3) is 55.7 Å². The molecule has 43 heavy (non-hydrogen) atoms. The molecule has 1 fully saturated rings. The van der Waals surface area contributed by atoms with Crippen LogP contribution in [0.3, 0.4) is 0 Å². The van der Waals surface area contributed by atoms with Gasteiger partial charge in [-0.05, 0) is 79.0 Å². The SMILES string of the molecule is CCC(=O)Nc1cncc(-c2ccc3[nH]nc(-c4nc5c(-c6cc(F)cc(CN7CCCCC7)c6)cncc5[nH]4)c3c2)c1. The Kier molecular flexibility index (Phi) is 7.12. The van der Waals surface area contributed by atoms with Gasteiger partial charge in [0.2, 0.25) is 5.91 Å². The monoisotopic (exact) mass is 574 g/mol. The van der Waals surface area contributed by atoms with E-state index in [1.54, 1.807) is 36.9 Å². The number of halogens is 1. The minimum Gasteiger partial charge on any atom is -0.335 e. The number of aromatic nitrogens is 6. The number of carbonyl (C=O) groups excluding carboxylic acids is 1. The van der Waals surface area contributed by atoms with Crippen molar-refractivity contribution in [3.05, 3.63) is 78.6 Å². The average Bonchev–Trinajstić information content (AvgIpc) is 3.65. The van der Waals surface area contributed by atoms with Gasteiger partial charge in [-0.25, -0.2) is 9.37 Å². The van der Waals surface area contributed by atoms with E-state index in [0.717, 1.165) is 63.9 Å². The summed E-state index contributed by atoms with van der Waals surface area (Å²) in [5.41, 5.74) is 7.85. The van der Waals surface area contributed by atoms with Gasteiger partial charge in [0.05, 0.1) is 34.6 Å². The van der Waals surface area contributed by atoms with Gasteiger partial charge in [-0.15, -0.1) is 0 Å². The molecule has 2 aromatic carbocycles. The van der Waals surface area contributed by atoms with Gasteiger partial charge in [0.1, 0.15) is 11.5 Å². The van der Waals surface area contributed by atoms with Gasteiger partial charge >= 0.3 is 0 Å². The Hall–Kier alpha value is -4.96. The zero-order chi connectivity index (χ0) is 29.3. The molecule has 7 rings (SSSR count). The lowest BCUT2D eigenvalue weighted by Gasteiger charge is -2.26. The van der Waals surface area contributed by atoms with Crippen molar-refractivity contribution >= 4 is 33.5 Å². The first-order chi connectivity index (χ1) is 21.0. The molecule has 1 amide bonds. The second kappa shape index (κ2) is 11.4. The predicted octanol–water partition coefficient (Wildman–Crippen LogP) is 6.70. The van der Waals surface area contributed by atoms with E-state index in [1.165, 1.54) is 19.3 Å². The number of benzene rings is 2. The summed E-state index contributed by atoms with van der Waals surface area (Å²) in [5.74, 6) is 0.248. The molecule has 216 valence electrons. The molecular formula is C33H31FN8O. The van der Waals surface area contributed by atoms with E-state index in [1.807, 2.05) is 37.3 Å². The Morgan fingerprint density at radius 3 is 2.65 bits per heavy atom. The van der Waals surface area contributed by atoms with E-state index in [0.29, 0.717) is 29.1 Å². The summed E-state index contributed by atoms with van der Waals surface area (Å²) in [6.07, 6.45) is 10.9. The fraction of sp³-hybridized carbons (Fsp3) is 0.242. The lowest BCUT2D eigenvalue weighted by Crippen LogP contribution is -2.29. The molecule has 1 saturated heterocycles. The van der Waals surface area contributed by atoms with Gasteiger partial charge in [0.25, 0.3) is 0 Å². The van der Waals surface area contributed by atoms with Crippen molar-refractivity contribution in [2.24, 2.45) is 0 Å². The fourth-order valence-electron chi connectivity index (χ4n) is 5.82. The molecule has 10 heteroatoms. The lowest BCUT2D eigenvalue weighted by atomic mass is 10.0. The number of piperidine rings is 1. The number of nitrogens with one attached hydrogen (secondary N) is 3. The summed E-state index contributed by atoms with van der Waals surface area (Å²) in [5, 5.41) is 11.4. The highest BCUT2D eigenvalue weighted by atomic mass is 19.1. The number of hydrogen-bond acceptors (Lipinski definition) is 6. The van der Waals surface area contributed by atoms with Crippen LogP contribution in [0.15, 0.2) is 67.3 Å². The van der Waals surface area contributed by atoms with Crippen LogP contribution in [-0.4, -0.2) is 54.0 Å². The summed E-state index contributed by atoms with van der Waals surface area (Å²) >= 11 is 0. The normalized spacial score (nSPS) is 14.0. The zero-order valence-electron chi connectivity index (χ0n) is 23.8. The van der Waals surface area contributed by atoms with Crippen LogP contribution in [0.1, 0.15) is 38.2 Å². The molecule has 5 heterocycles. The number of H-pyrrole nitrogens is 2. The van der Waals surface area contributed by atoms with Crippen molar-refractivity contribution in [3.8, 4) is 33.8 Å². The van der Waals surface area contributed by atoms with Gasteiger partial charge in [0, 0.05) is 41.9 Å². The predicted molar refractivity (Wildman–Crippen MR) is 166 cm³/mol. The Labute approximate surface area is 247 Å². The molecule has 0 spiro atoms. The summed E-state index contributed by atoms with van der Waals surface area (Å²) in [4.78, 5) is 31.3. The number of rotatable bonds is 7. The highest BCUT2D eigenvalue weighted by molar-refractivity contribution is 5.98. The van der Waals surface area contributed by atoms with Crippen molar-refractivity contribution in [2.45, 2.75) is 39.2 Å². The van der Waals surface area contributed by atoms with E-state index in [9.17, 15) is 9.18 Å². The third-order valence-corrected chi connectivity index (χ3v) is 7.98. The number of anilines is 1. The molecule has 9 nitrogen and oxygen atoms in total. The number of fused-ring (bicyclic) bond motifs is 2. The quantitative estimate of drug-likeness (QED) is 0.195. The zero-order valence-corrected chi connectivity index (χ0v) is 23.8. The number of likely N-dealkylation sites (tertiary alicyclic amines) is 1. The standard InChI is InChI=1S/C33H31FN8O/c1-2-30(43)37-25-13-23(15-35-16-25)21-6-7-28-26(14-21)32(41-40-28)33-38-29-18-36-17-27(31(29)39-33)22-10-20(11-24(34)12-22)19-42-8-4-3-5-9-42/h6-7,10-18H,2-5,8-9,19H2,1H3,(H,37,43)(H,38,39)(H,40,41). The Balaban J connectivity index is 1.24. The molecule has 3 N–H and O–H groups in total. The molecule has 4 aromatic heterocycles. The number of nitrogens with zero attached hydrogens (tertiary/aromatic N) is 5. The van der Waals surface area contributed by atoms with Gasteiger partial charge in [-0.2, -0.15) is 5.10 Å². The number of carbonyl (C=O) groups is 1. The van der Waals surface area contributed by atoms with Crippen LogP contribution in [0.4, 0.5) is 10.1 Å². The first kappa shape index (κ1) is 26.9. The van der Waals surface area contributed by atoms with Crippen molar-refractivity contribution in [1.82, 2.24) is 35.0 Å². The van der Waals surface area contributed by atoms with Gasteiger partial charge in [-0.3, -0.25) is 24.8 Å². The molecule has 0 saturated carbocycles. The summed E-state index contributed by atoms with van der Waals surface area (Å²) < 4.78 is 14.8.